The maximum Gasteiger partial charge on any atom is 0.305 e. The number of methoxy groups -OCH3 is 3. The molecular weight excluding hydrogens is 418 g/mol. The lowest BCUT2D eigenvalue weighted by atomic mass is 9.98. The van der Waals surface area contributed by atoms with Crippen LogP contribution < -0.4 is 9.47 Å². The van der Waals surface area contributed by atoms with Gasteiger partial charge in [-0.15, -0.1) is 0 Å². The number of esters is 1. The summed E-state index contributed by atoms with van der Waals surface area (Å²) < 4.78 is 24.8. The van der Waals surface area contributed by atoms with Gasteiger partial charge in [-0.3, -0.25) is 4.79 Å². The Balaban J connectivity index is 1.88. The van der Waals surface area contributed by atoms with Crippen LogP contribution in [-0.2, 0) is 14.3 Å². The van der Waals surface area contributed by atoms with Crippen LogP contribution in [0.5, 0.6) is 11.5 Å². The summed E-state index contributed by atoms with van der Waals surface area (Å²) in [5.41, 5.74) is 3.63. The molecule has 0 fully saturated rings. The van der Waals surface area contributed by atoms with Crippen molar-refractivity contribution in [1.82, 2.24) is 4.57 Å². The fourth-order valence-electron chi connectivity index (χ4n) is 4.06. The van der Waals surface area contributed by atoms with E-state index in [0.29, 0.717) is 22.9 Å². The van der Waals surface area contributed by atoms with Gasteiger partial charge in [0.1, 0.15) is 6.10 Å². The van der Waals surface area contributed by atoms with Gasteiger partial charge in [0.25, 0.3) is 0 Å². The molecule has 2 heterocycles. The molecular formula is C24H24ClNO5. The molecule has 3 aromatic rings. The molecule has 2 aromatic carbocycles. The molecule has 1 aliphatic rings. The SMILES string of the molecule is COC(=O)CC[C@H]1O[C@H](c2cccc(OC)c2OC)c2cc(Cl)ccc2-n2cccc21. The van der Waals surface area contributed by atoms with E-state index in [1.54, 1.807) is 14.2 Å². The highest BCUT2D eigenvalue weighted by molar-refractivity contribution is 6.30. The quantitative estimate of drug-likeness (QED) is 0.488. The van der Waals surface area contributed by atoms with Crippen LogP contribution in [0.1, 0.15) is 41.9 Å². The van der Waals surface area contributed by atoms with Crippen LogP contribution in [0.3, 0.4) is 0 Å². The molecule has 2 atom stereocenters. The number of para-hydroxylation sites is 1. The average Bonchev–Trinajstić information content (AvgIpc) is 3.23. The molecule has 0 bridgehead atoms. The zero-order chi connectivity index (χ0) is 22.0. The second kappa shape index (κ2) is 9.04. The molecule has 0 saturated carbocycles. The van der Waals surface area contributed by atoms with Gasteiger partial charge < -0.3 is 23.5 Å². The Kier molecular flexibility index (Phi) is 6.20. The lowest BCUT2D eigenvalue weighted by Gasteiger charge is -2.25. The van der Waals surface area contributed by atoms with Gasteiger partial charge in [-0.25, -0.2) is 0 Å². The van der Waals surface area contributed by atoms with Crippen molar-refractivity contribution in [2.24, 2.45) is 0 Å². The van der Waals surface area contributed by atoms with Gasteiger partial charge in [-0.05, 0) is 42.8 Å². The molecule has 7 heteroatoms. The second-order valence-electron chi connectivity index (χ2n) is 7.21. The Labute approximate surface area is 186 Å². The summed E-state index contributed by atoms with van der Waals surface area (Å²) in [4.78, 5) is 11.9. The Morgan fingerprint density at radius 2 is 1.90 bits per heavy atom. The molecule has 6 nitrogen and oxygen atoms in total. The standard InChI is InChI=1S/C24H24ClNO5/c1-28-21-8-4-6-16(24(21)30-3)23-17-14-15(25)9-10-18(17)26-13-5-7-19(26)20(31-23)11-12-22(27)29-2/h4-10,13-14,20,23H,11-12H2,1-3H3/t20-,23-/m1/s1. The Morgan fingerprint density at radius 3 is 2.65 bits per heavy atom. The topological polar surface area (TPSA) is 58.9 Å². The van der Waals surface area contributed by atoms with E-state index in [9.17, 15) is 4.79 Å². The normalized spacial score (nSPS) is 17.3. The van der Waals surface area contributed by atoms with Crippen molar-refractivity contribution in [1.29, 1.82) is 0 Å². The van der Waals surface area contributed by atoms with Crippen LogP contribution in [0, 0.1) is 0 Å². The smallest absolute Gasteiger partial charge is 0.305 e. The lowest BCUT2D eigenvalue weighted by Crippen LogP contribution is -2.13. The van der Waals surface area contributed by atoms with Crippen LogP contribution in [0.15, 0.2) is 54.7 Å². The number of fused-ring (bicyclic) bond motifs is 3. The van der Waals surface area contributed by atoms with Crippen molar-refractivity contribution >= 4 is 17.6 Å². The number of carbonyl (C=O) groups excluding carboxylic acids is 1. The fraction of sp³-hybridized carbons (Fsp3) is 0.292. The molecule has 31 heavy (non-hydrogen) atoms. The minimum atomic E-state index is -0.485. The lowest BCUT2D eigenvalue weighted by molar-refractivity contribution is -0.141. The molecule has 0 unspecified atom stereocenters. The Hall–Kier alpha value is -2.96. The molecule has 0 radical (unpaired) electrons. The number of nitrogens with zero attached hydrogens (tertiary/aromatic N) is 1. The van der Waals surface area contributed by atoms with Gasteiger partial charge in [-0.2, -0.15) is 0 Å². The van der Waals surface area contributed by atoms with E-state index < -0.39 is 6.10 Å². The van der Waals surface area contributed by atoms with E-state index >= 15 is 0 Å². The summed E-state index contributed by atoms with van der Waals surface area (Å²) in [5, 5.41) is 0.607. The van der Waals surface area contributed by atoms with Gasteiger partial charge in [0.05, 0.1) is 38.8 Å². The van der Waals surface area contributed by atoms with E-state index in [-0.39, 0.29) is 18.5 Å². The minimum absolute atomic E-state index is 0.241. The monoisotopic (exact) mass is 441 g/mol. The number of hydrogen-bond acceptors (Lipinski definition) is 5. The fourth-order valence-corrected chi connectivity index (χ4v) is 4.24. The van der Waals surface area contributed by atoms with Crippen molar-refractivity contribution in [3.8, 4) is 17.2 Å². The number of aromatic nitrogens is 1. The van der Waals surface area contributed by atoms with Crippen LogP contribution in [0.4, 0.5) is 0 Å². The van der Waals surface area contributed by atoms with Crippen LogP contribution in [0.25, 0.3) is 5.69 Å². The van der Waals surface area contributed by atoms with Gasteiger partial charge in [-0.1, -0.05) is 23.7 Å². The molecule has 0 saturated heterocycles. The minimum Gasteiger partial charge on any atom is -0.493 e. The van der Waals surface area contributed by atoms with E-state index in [0.717, 1.165) is 22.5 Å². The van der Waals surface area contributed by atoms with E-state index in [4.69, 9.17) is 30.5 Å². The number of hydrogen-bond donors (Lipinski definition) is 0. The third-order valence-electron chi connectivity index (χ3n) is 5.50. The van der Waals surface area contributed by atoms with E-state index in [1.807, 2.05) is 54.7 Å². The molecule has 162 valence electrons. The van der Waals surface area contributed by atoms with E-state index in [1.165, 1.54) is 7.11 Å². The van der Waals surface area contributed by atoms with Gasteiger partial charge >= 0.3 is 5.97 Å². The highest BCUT2D eigenvalue weighted by atomic mass is 35.5. The first-order chi connectivity index (χ1) is 15.1. The number of carbonyl (C=O) groups is 1. The first kappa shape index (κ1) is 21.3. The van der Waals surface area contributed by atoms with Gasteiger partial charge in [0.2, 0.25) is 0 Å². The third-order valence-corrected chi connectivity index (χ3v) is 5.73. The van der Waals surface area contributed by atoms with Crippen LogP contribution >= 0.6 is 11.6 Å². The third kappa shape index (κ3) is 4.01. The zero-order valence-electron chi connectivity index (χ0n) is 17.6. The number of benzene rings is 2. The molecule has 4 rings (SSSR count). The van der Waals surface area contributed by atoms with E-state index in [2.05, 4.69) is 4.57 Å². The van der Waals surface area contributed by atoms with Crippen molar-refractivity contribution in [3.05, 3.63) is 76.6 Å². The first-order valence-corrected chi connectivity index (χ1v) is 10.4. The highest BCUT2D eigenvalue weighted by Gasteiger charge is 2.33. The van der Waals surface area contributed by atoms with Gasteiger partial charge in [0.15, 0.2) is 11.5 Å². The van der Waals surface area contributed by atoms with Crippen molar-refractivity contribution < 1.29 is 23.7 Å². The largest absolute Gasteiger partial charge is 0.493 e. The average molecular weight is 442 g/mol. The molecule has 0 aliphatic carbocycles. The maximum absolute atomic E-state index is 11.9. The predicted molar refractivity (Wildman–Crippen MR) is 117 cm³/mol. The maximum atomic E-state index is 11.9. The highest BCUT2D eigenvalue weighted by Crippen LogP contribution is 2.46. The second-order valence-corrected chi connectivity index (χ2v) is 7.64. The van der Waals surface area contributed by atoms with Crippen molar-refractivity contribution in [2.45, 2.75) is 25.0 Å². The van der Waals surface area contributed by atoms with Crippen LogP contribution in [-0.4, -0.2) is 31.9 Å². The molecule has 1 aliphatic heterocycles. The summed E-state index contributed by atoms with van der Waals surface area (Å²) in [6, 6.07) is 15.4. The predicted octanol–water partition coefficient (Wildman–Crippen LogP) is 5.26. The van der Waals surface area contributed by atoms with Crippen molar-refractivity contribution in [2.75, 3.05) is 21.3 Å². The molecule has 1 aromatic heterocycles. The summed E-state index contributed by atoms with van der Waals surface area (Å²) in [5.74, 6) is 0.934. The molecule has 0 N–H and O–H groups in total. The summed E-state index contributed by atoms with van der Waals surface area (Å²) >= 11 is 6.39. The molecule has 0 spiro atoms. The number of halogens is 1. The number of ether oxygens (including phenoxy) is 4. The summed E-state index contributed by atoms with van der Waals surface area (Å²) in [6.45, 7) is 0. The Bertz CT molecular complexity index is 1090. The summed E-state index contributed by atoms with van der Waals surface area (Å²) in [6.07, 6.45) is 1.87. The Morgan fingerprint density at radius 1 is 1.06 bits per heavy atom. The molecule has 0 amide bonds. The number of rotatable bonds is 6. The zero-order valence-corrected chi connectivity index (χ0v) is 18.4. The van der Waals surface area contributed by atoms with Gasteiger partial charge in [0, 0.05) is 28.8 Å². The summed E-state index contributed by atoms with van der Waals surface area (Å²) in [7, 11) is 4.60. The van der Waals surface area contributed by atoms with Crippen LogP contribution in [0.2, 0.25) is 5.02 Å². The first-order valence-electron chi connectivity index (χ1n) is 9.97. The van der Waals surface area contributed by atoms with Crippen molar-refractivity contribution in [3.63, 3.8) is 0 Å².